The van der Waals surface area contributed by atoms with Gasteiger partial charge in [-0.05, 0) is 43.4 Å². The van der Waals surface area contributed by atoms with E-state index in [4.69, 9.17) is 14.5 Å². The molecule has 2 N–H and O–H groups in total. The molecule has 30 heavy (non-hydrogen) atoms. The standard InChI is InChI=1S/C24H33N3O2.HI/c1-3-25-24(26-16-20-7-4-6-19(2)14-20)27-17-21-8-5-9-22(15-21)18-29-23-10-12-28-13-11-23;/h4-9,14-15,23H,3,10-13,16-18H2,1-2H3,(H2,25,26,27);1H. The number of aliphatic imine (C=N–C) groups is 1. The van der Waals surface area contributed by atoms with Crippen LogP contribution in [0, 0.1) is 6.92 Å². The largest absolute Gasteiger partial charge is 0.381 e. The third-order valence-electron chi connectivity index (χ3n) is 4.95. The van der Waals surface area contributed by atoms with Crippen LogP contribution in [0.4, 0.5) is 0 Å². The summed E-state index contributed by atoms with van der Waals surface area (Å²) >= 11 is 0. The number of guanidine groups is 1. The predicted octanol–water partition coefficient (Wildman–Crippen LogP) is 4.56. The van der Waals surface area contributed by atoms with Gasteiger partial charge in [-0.1, -0.05) is 54.1 Å². The van der Waals surface area contributed by atoms with Crippen molar-refractivity contribution in [2.75, 3.05) is 19.8 Å². The number of rotatable bonds is 8. The van der Waals surface area contributed by atoms with Crippen LogP contribution in [-0.4, -0.2) is 31.8 Å². The van der Waals surface area contributed by atoms with Crippen molar-refractivity contribution in [1.29, 1.82) is 0 Å². The Balaban J connectivity index is 0.00000320. The molecule has 3 rings (SSSR count). The van der Waals surface area contributed by atoms with Crippen molar-refractivity contribution in [2.45, 2.75) is 52.5 Å². The number of nitrogens with one attached hydrogen (secondary N) is 2. The summed E-state index contributed by atoms with van der Waals surface area (Å²) in [6.07, 6.45) is 2.30. The van der Waals surface area contributed by atoms with Crippen LogP contribution < -0.4 is 10.6 Å². The molecule has 1 saturated heterocycles. The fourth-order valence-corrected chi connectivity index (χ4v) is 3.39. The molecule has 1 aliphatic heterocycles. The number of benzene rings is 2. The first-order valence-corrected chi connectivity index (χ1v) is 10.6. The summed E-state index contributed by atoms with van der Waals surface area (Å²) in [7, 11) is 0. The fourth-order valence-electron chi connectivity index (χ4n) is 3.39. The normalized spacial score (nSPS) is 14.8. The lowest BCUT2D eigenvalue weighted by atomic mass is 10.1. The Morgan fingerprint density at radius 3 is 2.53 bits per heavy atom. The van der Waals surface area contributed by atoms with Crippen LogP contribution in [0.1, 0.15) is 42.0 Å². The van der Waals surface area contributed by atoms with Crippen molar-refractivity contribution in [3.63, 3.8) is 0 Å². The van der Waals surface area contributed by atoms with Gasteiger partial charge >= 0.3 is 0 Å². The van der Waals surface area contributed by atoms with E-state index in [-0.39, 0.29) is 24.0 Å². The molecule has 0 unspecified atom stereocenters. The molecule has 1 aliphatic rings. The molecular weight excluding hydrogens is 489 g/mol. The fraction of sp³-hybridized carbons (Fsp3) is 0.458. The van der Waals surface area contributed by atoms with Crippen LogP contribution in [0.2, 0.25) is 0 Å². The van der Waals surface area contributed by atoms with Crippen LogP contribution in [0.3, 0.4) is 0 Å². The van der Waals surface area contributed by atoms with Gasteiger partial charge in [0.15, 0.2) is 5.96 Å². The number of nitrogens with zero attached hydrogens (tertiary/aromatic N) is 1. The topological polar surface area (TPSA) is 54.9 Å². The summed E-state index contributed by atoms with van der Waals surface area (Å²) in [4.78, 5) is 4.72. The molecule has 0 radical (unpaired) electrons. The smallest absolute Gasteiger partial charge is 0.191 e. The van der Waals surface area contributed by atoms with Crippen LogP contribution in [0.15, 0.2) is 53.5 Å². The highest BCUT2D eigenvalue weighted by molar-refractivity contribution is 14.0. The molecule has 5 nitrogen and oxygen atoms in total. The Hall–Kier alpha value is -1.64. The van der Waals surface area contributed by atoms with Gasteiger partial charge in [0.25, 0.3) is 0 Å². The average Bonchev–Trinajstić information content (AvgIpc) is 2.75. The summed E-state index contributed by atoms with van der Waals surface area (Å²) < 4.78 is 11.4. The Morgan fingerprint density at radius 1 is 1.03 bits per heavy atom. The Bertz CT molecular complexity index is 792. The Morgan fingerprint density at radius 2 is 1.77 bits per heavy atom. The quantitative estimate of drug-likeness (QED) is 0.303. The van der Waals surface area contributed by atoms with E-state index in [9.17, 15) is 0 Å². The molecule has 1 fully saturated rings. The Kier molecular flexibility index (Phi) is 11.2. The van der Waals surface area contributed by atoms with Gasteiger partial charge < -0.3 is 20.1 Å². The van der Waals surface area contributed by atoms with Crippen LogP contribution in [-0.2, 0) is 29.2 Å². The summed E-state index contributed by atoms with van der Waals surface area (Å²) in [5.74, 6) is 0.831. The van der Waals surface area contributed by atoms with E-state index in [0.29, 0.717) is 19.3 Å². The second-order valence-electron chi connectivity index (χ2n) is 7.48. The van der Waals surface area contributed by atoms with Gasteiger partial charge in [0.05, 0.1) is 19.3 Å². The van der Waals surface area contributed by atoms with Crippen molar-refractivity contribution in [2.24, 2.45) is 4.99 Å². The average molecular weight is 523 g/mol. The van der Waals surface area contributed by atoms with Crippen LogP contribution in [0.25, 0.3) is 0 Å². The van der Waals surface area contributed by atoms with E-state index >= 15 is 0 Å². The monoisotopic (exact) mass is 523 g/mol. The summed E-state index contributed by atoms with van der Waals surface area (Å²) in [5, 5.41) is 6.76. The zero-order chi connectivity index (χ0) is 20.3. The first kappa shape index (κ1) is 24.6. The van der Waals surface area contributed by atoms with E-state index in [1.54, 1.807) is 0 Å². The number of aryl methyl sites for hydroxylation is 1. The molecule has 0 aliphatic carbocycles. The maximum Gasteiger partial charge on any atom is 0.191 e. The van der Waals surface area contributed by atoms with Crippen molar-refractivity contribution in [3.05, 3.63) is 70.8 Å². The highest BCUT2D eigenvalue weighted by Gasteiger charge is 2.14. The first-order chi connectivity index (χ1) is 14.2. The SMILES string of the molecule is CCNC(=NCc1cccc(C)c1)NCc1cccc(COC2CCOCC2)c1.I. The predicted molar refractivity (Wildman–Crippen MR) is 133 cm³/mol. The molecule has 2 aromatic rings. The minimum absolute atomic E-state index is 0. The third kappa shape index (κ3) is 8.62. The lowest BCUT2D eigenvalue weighted by Gasteiger charge is -2.22. The minimum atomic E-state index is 0. The van der Waals surface area contributed by atoms with E-state index in [1.165, 1.54) is 22.3 Å². The van der Waals surface area contributed by atoms with Gasteiger partial charge in [0.2, 0.25) is 0 Å². The van der Waals surface area contributed by atoms with Crippen molar-refractivity contribution < 1.29 is 9.47 Å². The van der Waals surface area contributed by atoms with E-state index in [0.717, 1.165) is 45.1 Å². The second kappa shape index (κ2) is 13.6. The molecule has 2 aromatic carbocycles. The maximum atomic E-state index is 6.05. The highest BCUT2D eigenvalue weighted by Crippen LogP contribution is 2.14. The highest BCUT2D eigenvalue weighted by atomic mass is 127. The molecule has 1 heterocycles. The molecule has 6 heteroatoms. The van der Waals surface area contributed by atoms with Gasteiger partial charge in [0.1, 0.15) is 0 Å². The van der Waals surface area contributed by atoms with Crippen molar-refractivity contribution >= 4 is 29.9 Å². The maximum absolute atomic E-state index is 6.05. The summed E-state index contributed by atoms with van der Waals surface area (Å²) in [6, 6.07) is 17.0. The van der Waals surface area contributed by atoms with Gasteiger partial charge in [-0.15, -0.1) is 24.0 Å². The van der Waals surface area contributed by atoms with Gasteiger partial charge in [0, 0.05) is 26.3 Å². The summed E-state index contributed by atoms with van der Waals surface area (Å²) in [5.41, 5.74) is 4.90. The molecule has 0 atom stereocenters. The molecule has 0 aromatic heterocycles. The number of hydrogen-bond donors (Lipinski definition) is 2. The second-order valence-corrected chi connectivity index (χ2v) is 7.48. The zero-order valence-electron chi connectivity index (χ0n) is 18.0. The minimum Gasteiger partial charge on any atom is -0.381 e. The summed E-state index contributed by atoms with van der Waals surface area (Å²) in [6.45, 7) is 8.68. The Labute approximate surface area is 197 Å². The molecule has 0 bridgehead atoms. The van der Waals surface area contributed by atoms with Crippen LogP contribution in [0.5, 0.6) is 0 Å². The third-order valence-corrected chi connectivity index (χ3v) is 4.95. The van der Waals surface area contributed by atoms with E-state index in [2.05, 4.69) is 73.0 Å². The molecule has 0 amide bonds. The van der Waals surface area contributed by atoms with Gasteiger partial charge in [-0.25, -0.2) is 4.99 Å². The van der Waals surface area contributed by atoms with Crippen molar-refractivity contribution in [1.82, 2.24) is 10.6 Å². The van der Waals surface area contributed by atoms with Gasteiger partial charge in [-0.3, -0.25) is 0 Å². The number of halogens is 1. The lowest BCUT2D eigenvalue weighted by molar-refractivity contribution is -0.0390. The number of hydrogen-bond acceptors (Lipinski definition) is 3. The lowest BCUT2D eigenvalue weighted by Crippen LogP contribution is -2.36. The van der Waals surface area contributed by atoms with Gasteiger partial charge in [-0.2, -0.15) is 0 Å². The first-order valence-electron chi connectivity index (χ1n) is 10.6. The van der Waals surface area contributed by atoms with Crippen LogP contribution >= 0.6 is 24.0 Å². The van der Waals surface area contributed by atoms with Crippen molar-refractivity contribution in [3.8, 4) is 0 Å². The number of ether oxygens (including phenoxy) is 2. The van der Waals surface area contributed by atoms with E-state index in [1.807, 2.05) is 0 Å². The molecule has 0 spiro atoms. The zero-order valence-corrected chi connectivity index (χ0v) is 20.4. The molecule has 0 saturated carbocycles. The molecular formula is C24H34IN3O2. The van der Waals surface area contributed by atoms with E-state index < -0.39 is 0 Å². The molecule has 164 valence electrons.